The van der Waals surface area contributed by atoms with Crippen molar-refractivity contribution in [1.82, 2.24) is 15.0 Å². The summed E-state index contributed by atoms with van der Waals surface area (Å²) in [5.74, 6) is -0.138. The summed E-state index contributed by atoms with van der Waals surface area (Å²) in [6, 6.07) is 13.3. The van der Waals surface area contributed by atoms with E-state index in [1.807, 2.05) is 41.9 Å². The number of nitrogens with one attached hydrogen (secondary N) is 1. The van der Waals surface area contributed by atoms with Crippen molar-refractivity contribution in [3.05, 3.63) is 53.6 Å². The molecule has 0 aliphatic rings. The van der Waals surface area contributed by atoms with E-state index in [0.717, 1.165) is 29.7 Å². The number of carbonyl (C=O) groups excluding carboxylic acids is 1. The minimum Gasteiger partial charge on any atom is -0.322 e. The lowest BCUT2D eigenvalue weighted by molar-refractivity contribution is 0.102. The fourth-order valence-corrected chi connectivity index (χ4v) is 2.42. The average Bonchev–Trinajstić information content (AvgIpc) is 2.97. The third kappa shape index (κ3) is 2.70. The first kappa shape index (κ1) is 14.3. The van der Waals surface area contributed by atoms with Crippen LogP contribution in [0.2, 0.25) is 0 Å². The largest absolute Gasteiger partial charge is 0.322 e. The van der Waals surface area contributed by atoms with Gasteiger partial charge in [-0.2, -0.15) is 0 Å². The maximum absolute atomic E-state index is 12.4. The van der Waals surface area contributed by atoms with Gasteiger partial charge < -0.3 is 5.32 Å². The monoisotopic (exact) mass is 294 g/mol. The van der Waals surface area contributed by atoms with Gasteiger partial charge in [0, 0.05) is 17.8 Å². The number of rotatable bonds is 4. The lowest BCUT2D eigenvalue weighted by Gasteiger charge is -2.07. The number of hydrogen-bond donors (Lipinski definition) is 1. The number of anilines is 1. The molecule has 0 radical (unpaired) electrons. The summed E-state index contributed by atoms with van der Waals surface area (Å²) in [5, 5.41) is 11.1. The molecule has 5 heteroatoms. The molecular formula is C17H18N4O. The van der Waals surface area contributed by atoms with Crippen LogP contribution in [-0.4, -0.2) is 20.9 Å². The number of benzene rings is 2. The summed E-state index contributed by atoms with van der Waals surface area (Å²) in [6.07, 6.45) is 0.940. The number of aryl methyl sites for hydroxylation is 2. The molecule has 0 fully saturated rings. The molecular weight excluding hydrogens is 276 g/mol. The molecule has 0 aliphatic heterocycles. The smallest absolute Gasteiger partial charge is 0.255 e. The van der Waals surface area contributed by atoms with Gasteiger partial charge >= 0.3 is 0 Å². The predicted octanol–water partition coefficient (Wildman–Crippen LogP) is 3.27. The summed E-state index contributed by atoms with van der Waals surface area (Å²) in [4.78, 5) is 12.4. The van der Waals surface area contributed by atoms with E-state index in [1.165, 1.54) is 5.56 Å². The van der Waals surface area contributed by atoms with E-state index in [9.17, 15) is 4.79 Å². The quantitative estimate of drug-likeness (QED) is 0.803. The van der Waals surface area contributed by atoms with Crippen LogP contribution in [-0.2, 0) is 13.0 Å². The number of amides is 1. The molecule has 0 saturated heterocycles. The van der Waals surface area contributed by atoms with E-state index in [4.69, 9.17) is 0 Å². The van der Waals surface area contributed by atoms with Gasteiger partial charge in [-0.05, 0) is 49.2 Å². The van der Waals surface area contributed by atoms with Gasteiger partial charge in [-0.3, -0.25) is 4.79 Å². The second-order valence-corrected chi connectivity index (χ2v) is 5.12. The summed E-state index contributed by atoms with van der Waals surface area (Å²) >= 11 is 0. The average molecular weight is 294 g/mol. The third-order valence-corrected chi connectivity index (χ3v) is 3.67. The molecule has 1 N–H and O–H groups in total. The van der Waals surface area contributed by atoms with Gasteiger partial charge in [-0.1, -0.05) is 24.3 Å². The van der Waals surface area contributed by atoms with Crippen LogP contribution < -0.4 is 5.32 Å². The topological polar surface area (TPSA) is 59.8 Å². The first-order valence-corrected chi connectivity index (χ1v) is 7.44. The normalized spacial score (nSPS) is 10.8. The predicted molar refractivity (Wildman–Crippen MR) is 87.0 cm³/mol. The minimum absolute atomic E-state index is 0.138. The van der Waals surface area contributed by atoms with Crippen molar-refractivity contribution in [2.75, 3.05) is 5.32 Å². The molecule has 0 atom stereocenters. The maximum Gasteiger partial charge on any atom is 0.255 e. The first-order valence-electron chi connectivity index (χ1n) is 7.44. The van der Waals surface area contributed by atoms with Crippen LogP contribution >= 0.6 is 0 Å². The zero-order chi connectivity index (χ0) is 15.5. The summed E-state index contributed by atoms with van der Waals surface area (Å²) in [6.45, 7) is 4.85. The van der Waals surface area contributed by atoms with Crippen LogP contribution in [0.3, 0.4) is 0 Å². The van der Waals surface area contributed by atoms with Crippen molar-refractivity contribution < 1.29 is 4.79 Å². The van der Waals surface area contributed by atoms with E-state index in [0.29, 0.717) is 5.56 Å². The second kappa shape index (κ2) is 5.97. The fourth-order valence-electron chi connectivity index (χ4n) is 2.42. The molecule has 22 heavy (non-hydrogen) atoms. The van der Waals surface area contributed by atoms with Crippen molar-refractivity contribution >= 4 is 22.6 Å². The van der Waals surface area contributed by atoms with Crippen LogP contribution in [0.1, 0.15) is 29.8 Å². The van der Waals surface area contributed by atoms with Crippen molar-refractivity contribution in [3.63, 3.8) is 0 Å². The van der Waals surface area contributed by atoms with Crippen LogP contribution in [0.25, 0.3) is 11.0 Å². The summed E-state index contributed by atoms with van der Waals surface area (Å²) in [7, 11) is 0. The third-order valence-electron chi connectivity index (χ3n) is 3.67. The van der Waals surface area contributed by atoms with Gasteiger partial charge in [0.15, 0.2) is 0 Å². The number of fused-ring (bicyclic) bond motifs is 1. The molecule has 0 aliphatic carbocycles. The number of nitrogens with zero attached hydrogens (tertiary/aromatic N) is 3. The van der Waals surface area contributed by atoms with E-state index in [-0.39, 0.29) is 5.91 Å². The molecule has 3 rings (SSSR count). The zero-order valence-electron chi connectivity index (χ0n) is 12.7. The molecule has 0 saturated carbocycles. The zero-order valence-corrected chi connectivity index (χ0v) is 12.7. The van der Waals surface area contributed by atoms with Crippen molar-refractivity contribution in [2.24, 2.45) is 0 Å². The van der Waals surface area contributed by atoms with Crippen LogP contribution in [0.4, 0.5) is 5.69 Å². The Labute approximate surface area is 129 Å². The Balaban J connectivity index is 1.85. The molecule has 0 bridgehead atoms. The lowest BCUT2D eigenvalue weighted by Crippen LogP contribution is -2.12. The SMILES string of the molecule is CCc1cccc(NC(=O)c2ccc3c(c2)nnn3CC)c1. The van der Waals surface area contributed by atoms with Gasteiger partial charge in [0.2, 0.25) is 0 Å². The van der Waals surface area contributed by atoms with E-state index in [1.54, 1.807) is 12.1 Å². The Morgan fingerprint density at radius 1 is 1.18 bits per heavy atom. The second-order valence-electron chi connectivity index (χ2n) is 5.12. The van der Waals surface area contributed by atoms with E-state index in [2.05, 4.69) is 22.6 Å². The molecule has 1 aromatic heterocycles. The molecule has 1 heterocycles. The first-order chi connectivity index (χ1) is 10.7. The van der Waals surface area contributed by atoms with Gasteiger partial charge in [0.1, 0.15) is 5.52 Å². The van der Waals surface area contributed by atoms with E-state index < -0.39 is 0 Å². The molecule has 2 aromatic carbocycles. The standard InChI is InChI=1S/C17H18N4O/c1-3-12-6-5-7-14(10-12)18-17(22)13-8-9-16-15(11-13)19-20-21(16)4-2/h5-11H,3-4H2,1-2H3,(H,18,22). The Bertz CT molecular complexity index is 822. The summed E-state index contributed by atoms with van der Waals surface area (Å²) in [5.41, 5.74) is 4.25. The Morgan fingerprint density at radius 2 is 2.05 bits per heavy atom. The van der Waals surface area contributed by atoms with Gasteiger partial charge in [-0.15, -0.1) is 5.10 Å². The Morgan fingerprint density at radius 3 is 2.82 bits per heavy atom. The maximum atomic E-state index is 12.4. The molecule has 5 nitrogen and oxygen atoms in total. The number of hydrogen-bond acceptors (Lipinski definition) is 3. The highest BCUT2D eigenvalue weighted by Gasteiger charge is 2.10. The van der Waals surface area contributed by atoms with Crippen molar-refractivity contribution in [3.8, 4) is 0 Å². The van der Waals surface area contributed by atoms with Crippen molar-refractivity contribution in [1.29, 1.82) is 0 Å². The highest BCUT2D eigenvalue weighted by Crippen LogP contribution is 2.16. The lowest BCUT2D eigenvalue weighted by atomic mass is 10.1. The molecule has 3 aromatic rings. The van der Waals surface area contributed by atoms with Gasteiger partial charge in [-0.25, -0.2) is 4.68 Å². The highest BCUT2D eigenvalue weighted by molar-refractivity contribution is 6.05. The molecule has 112 valence electrons. The Hall–Kier alpha value is -2.69. The summed E-state index contributed by atoms with van der Waals surface area (Å²) < 4.78 is 1.81. The molecule has 1 amide bonds. The van der Waals surface area contributed by atoms with Crippen LogP contribution in [0.5, 0.6) is 0 Å². The van der Waals surface area contributed by atoms with Gasteiger partial charge in [0.25, 0.3) is 5.91 Å². The number of carbonyl (C=O) groups is 1. The highest BCUT2D eigenvalue weighted by atomic mass is 16.1. The van der Waals surface area contributed by atoms with Gasteiger partial charge in [0.05, 0.1) is 5.52 Å². The fraction of sp³-hybridized carbons (Fsp3) is 0.235. The van der Waals surface area contributed by atoms with Crippen LogP contribution in [0, 0.1) is 0 Å². The van der Waals surface area contributed by atoms with E-state index >= 15 is 0 Å². The molecule has 0 spiro atoms. The Kier molecular flexibility index (Phi) is 3.87. The number of aromatic nitrogens is 3. The van der Waals surface area contributed by atoms with Crippen LogP contribution in [0.15, 0.2) is 42.5 Å². The molecule has 0 unspecified atom stereocenters. The minimum atomic E-state index is -0.138. The van der Waals surface area contributed by atoms with Crippen molar-refractivity contribution in [2.45, 2.75) is 26.8 Å².